The van der Waals surface area contributed by atoms with Gasteiger partial charge >= 0.3 is 0 Å². The van der Waals surface area contributed by atoms with E-state index in [9.17, 15) is 0 Å². The van der Waals surface area contributed by atoms with Crippen LogP contribution in [0.15, 0.2) is 42.6 Å². The Labute approximate surface area is 138 Å². The average Bonchev–Trinajstić information content (AvgIpc) is 2.82. The van der Waals surface area contributed by atoms with E-state index in [1.807, 2.05) is 19.2 Å². The van der Waals surface area contributed by atoms with Gasteiger partial charge in [-0.3, -0.25) is 4.90 Å². The molecule has 0 radical (unpaired) electrons. The highest BCUT2D eigenvalue weighted by Gasteiger charge is 2.37. The number of hydrogen-bond donors (Lipinski definition) is 0. The molecule has 2 aliphatic rings. The van der Waals surface area contributed by atoms with Crippen molar-refractivity contribution in [2.24, 2.45) is 0 Å². The SMILES string of the molecule is Cc1ccnc(N2CCC3CCC(C2)N3Cc2ccccc2)n1. The second-order valence-electron chi connectivity index (χ2n) is 6.78. The van der Waals surface area contributed by atoms with Crippen molar-refractivity contribution in [2.75, 3.05) is 18.0 Å². The molecule has 2 aliphatic heterocycles. The lowest BCUT2D eigenvalue weighted by Crippen LogP contribution is -2.39. The molecule has 1 aromatic carbocycles. The van der Waals surface area contributed by atoms with E-state index in [0.29, 0.717) is 12.1 Å². The second kappa shape index (κ2) is 6.28. The van der Waals surface area contributed by atoms with Crippen LogP contribution in [-0.2, 0) is 6.54 Å². The van der Waals surface area contributed by atoms with Crippen LogP contribution < -0.4 is 4.90 Å². The number of anilines is 1. The van der Waals surface area contributed by atoms with Gasteiger partial charge in [-0.05, 0) is 37.8 Å². The van der Waals surface area contributed by atoms with Crippen molar-refractivity contribution in [3.8, 4) is 0 Å². The van der Waals surface area contributed by atoms with Gasteiger partial charge in [0.25, 0.3) is 0 Å². The molecule has 2 atom stereocenters. The zero-order valence-electron chi connectivity index (χ0n) is 13.7. The van der Waals surface area contributed by atoms with E-state index in [1.54, 1.807) is 0 Å². The van der Waals surface area contributed by atoms with Crippen LogP contribution in [-0.4, -0.2) is 40.0 Å². The number of nitrogens with zero attached hydrogens (tertiary/aromatic N) is 4. The van der Waals surface area contributed by atoms with Gasteiger partial charge in [-0.1, -0.05) is 30.3 Å². The zero-order chi connectivity index (χ0) is 15.6. The zero-order valence-corrected chi connectivity index (χ0v) is 13.7. The second-order valence-corrected chi connectivity index (χ2v) is 6.78. The summed E-state index contributed by atoms with van der Waals surface area (Å²) in [5, 5.41) is 0. The van der Waals surface area contributed by atoms with Crippen molar-refractivity contribution in [3.63, 3.8) is 0 Å². The Bertz CT molecular complexity index is 657. The van der Waals surface area contributed by atoms with Gasteiger partial charge in [0.05, 0.1) is 0 Å². The van der Waals surface area contributed by atoms with Crippen LogP contribution in [0.2, 0.25) is 0 Å². The molecule has 120 valence electrons. The molecule has 3 heterocycles. The Morgan fingerprint density at radius 2 is 1.87 bits per heavy atom. The third-order valence-electron chi connectivity index (χ3n) is 5.21. The van der Waals surface area contributed by atoms with Crippen LogP contribution in [0.25, 0.3) is 0 Å². The summed E-state index contributed by atoms with van der Waals surface area (Å²) < 4.78 is 0. The van der Waals surface area contributed by atoms with E-state index in [1.165, 1.54) is 24.8 Å². The van der Waals surface area contributed by atoms with Gasteiger partial charge in [0.1, 0.15) is 0 Å². The van der Waals surface area contributed by atoms with Gasteiger partial charge in [0.15, 0.2) is 0 Å². The highest BCUT2D eigenvalue weighted by molar-refractivity contribution is 5.31. The molecule has 2 aromatic rings. The molecule has 0 saturated carbocycles. The number of hydrogen-bond acceptors (Lipinski definition) is 4. The van der Waals surface area contributed by atoms with Crippen molar-refractivity contribution in [1.82, 2.24) is 14.9 Å². The maximum Gasteiger partial charge on any atom is 0.225 e. The fourth-order valence-corrected chi connectivity index (χ4v) is 3.99. The van der Waals surface area contributed by atoms with Crippen molar-refractivity contribution in [3.05, 3.63) is 53.9 Å². The van der Waals surface area contributed by atoms with E-state index >= 15 is 0 Å². The fourth-order valence-electron chi connectivity index (χ4n) is 3.99. The van der Waals surface area contributed by atoms with Crippen molar-refractivity contribution >= 4 is 5.95 Å². The quantitative estimate of drug-likeness (QED) is 0.872. The molecule has 4 nitrogen and oxygen atoms in total. The van der Waals surface area contributed by atoms with Gasteiger partial charge in [0, 0.05) is 43.6 Å². The molecule has 2 saturated heterocycles. The number of fused-ring (bicyclic) bond motifs is 2. The maximum atomic E-state index is 4.63. The van der Waals surface area contributed by atoms with Crippen LogP contribution in [0, 0.1) is 6.92 Å². The highest BCUT2D eigenvalue weighted by Crippen LogP contribution is 2.32. The normalized spacial score (nSPS) is 24.7. The van der Waals surface area contributed by atoms with Crippen molar-refractivity contribution in [2.45, 2.75) is 44.8 Å². The van der Waals surface area contributed by atoms with Crippen LogP contribution in [0.5, 0.6) is 0 Å². The third kappa shape index (κ3) is 3.08. The van der Waals surface area contributed by atoms with Gasteiger partial charge < -0.3 is 4.90 Å². The summed E-state index contributed by atoms with van der Waals surface area (Å²) in [5.41, 5.74) is 2.47. The Morgan fingerprint density at radius 3 is 2.70 bits per heavy atom. The molecule has 0 spiro atoms. The predicted molar refractivity (Wildman–Crippen MR) is 92.4 cm³/mol. The molecule has 0 N–H and O–H groups in total. The minimum atomic E-state index is 0.617. The van der Waals surface area contributed by atoms with Crippen LogP contribution in [0.1, 0.15) is 30.5 Å². The first kappa shape index (κ1) is 14.6. The smallest absolute Gasteiger partial charge is 0.225 e. The summed E-state index contributed by atoms with van der Waals surface area (Å²) in [5.74, 6) is 0.900. The first-order valence-corrected chi connectivity index (χ1v) is 8.64. The molecule has 0 amide bonds. The van der Waals surface area contributed by atoms with Gasteiger partial charge in [-0.15, -0.1) is 0 Å². The number of aryl methyl sites for hydroxylation is 1. The van der Waals surface area contributed by atoms with E-state index in [0.717, 1.165) is 31.3 Å². The maximum absolute atomic E-state index is 4.63. The van der Waals surface area contributed by atoms with E-state index in [4.69, 9.17) is 0 Å². The monoisotopic (exact) mass is 308 g/mol. The topological polar surface area (TPSA) is 32.3 Å². The van der Waals surface area contributed by atoms with Crippen molar-refractivity contribution < 1.29 is 0 Å². The van der Waals surface area contributed by atoms with Crippen LogP contribution >= 0.6 is 0 Å². The molecule has 1 aromatic heterocycles. The Hall–Kier alpha value is -1.94. The van der Waals surface area contributed by atoms with Crippen LogP contribution in [0.4, 0.5) is 5.95 Å². The number of benzene rings is 1. The first-order chi connectivity index (χ1) is 11.3. The lowest BCUT2D eigenvalue weighted by Gasteiger charge is -2.29. The molecule has 4 rings (SSSR count). The third-order valence-corrected chi connectivity index (χ3v) is 5.21. The van der Waals surface area contributed by atoms with Gasteiger partial charge in [-0.2, -0.15) is 0 Å². The highest BCUT2D eigenvalue weighted by atomic mass is 15.3. The number of aromatic nitrogens is 2. The molecular weight excluding hydrogens is 284 g/mol. The lowest BCUT2D eigenvalue weighted by atomic mass is 10.1. The summed E-state index contributed by atoms with van der Waals surface area (Å²) in [6.45, 7) is 5.22. The van der Waals surface area contributed by atoms with Crippen LogP contribution in [0.3, 0.4) is 0 Å². The standard InChI is InChI=1S/C19H24N4/c1-15-9-11-20-19(21-15)22-12-10-17-7-8-18(14-22)23(17)13-16-5-3-2-4-6-16/h2-6,9,11,17-18H,7-8,10,12-14H2,1H3. The van der Waals surface area contributed by atoms with Gasteiger partial charge in [-0.25, -0.2) is 9.97 Å². The average molecular weight is 308 g/mol. The van der Waals surface area contributed by atoms with E-state index < -0.39 is 0 Å². The molecule has 23 heavy (non-hydrogen) atoms. The van der Waals surface area contributed by atoms with E-state index in [-0.39, 0.29) is 0 Å². The fraction of sp³-hybridized carbons (Fsp3) is 0.474. The molecular formula is C19H24N4. The van der Waals surface area contributed by atoms with E-state index in [2.05, 4.69) is 50.1 Å². The summed E-state index contributed by atoms with van der Waals surface area (Å²) >= 11 is 0. The first-order valence-electron chi connectivity index (χ1n) is 8.64. The Balaban J connectivity index is 1.52. The summed E-state index contributed by atoms with van der Waals surface area (Å²) in [7, 11) is 0. The van der Waals surface area contributed by atoms with Crippen molar-refractivity contribution in [1.29, 1.82) is 0 Å². The molecule has 2 unspecified atom stereocenters. The summed E-state index contributed by atoms with van der Waals surface area (Å²) in [6, 6.07) is 14.1. The number of rotatable bonds is 3. The van der Waals surface area contributed by atoms with Gasteiger partial charge in [0.2, 0.25) is 5.95 Å². The minimum absolute atomic E-state index is 0.617. The molecule has 2 bridgehead atoms. The Kier molecular flexibility index (Phi) is 4.00. The predicted octanol–water partition coefficient (Wildman–Crippen LogP) is 3.03. The summed E-state index contributed by atoms with van der Waals surface area (Å²) in [6.07, 6.45) is 5.71. The molecule has 2 fully saturated rings. The lowest BCUT2D eigenvalue weighted by molar-refractivity contribution is 0.194. The molecule has 0 aliphatic carbocycles. The molecule has 4 heteroatoms. The summed E-state index contributed by atoms with van der Waals surface area (Å²) in [4.78, 5) is 14.2. The minimum Gasteiger partial charge on any atom is -0.339 e. The Morgan fingerprint density at radius 1 is 1.04 bits per heavy atom. The largest absolute Gasteiger partial charge is 0.339 e.